The zero-order valence-corrected chi connectivity index (χ0v) is 19.5. The number of hydrogen-bond donors (Lipinski definition) is 0. The van der Waals surface area contributed by atoms with Crippen molar-refractivity contribution < 1.29 is 9.13 Å². The van der Waals surface area contributed by atoms with Gasteiger partial charge in [0, 0.05) is 5.56 Å². The number of allylic oxidation sites excluding steroid dienone is 6. The number of benzene rings is 1. The van der Waals surface area contributed by atoms with Crippen molar-refractivity contribution in [1.29, 1.82) is 5.26 Å². The van der Waals surface area contributed by atoms with Crippen LogP contribution in [-0.2, 0) is 16.6 Å². The van der Waals surface area contributed by atoms with Crippen LogP contribution in [0.4, 0.5) is 4.39 Å². The van der Waals surface area contributed by atoms with E-state index in [1.165, 1.54) is 11.1 Å². The van der Waals surface area contributed by atoms with Gasteiger partial charge in [0.1, 0.15) is 17.3 Å². The number of halogens is 1. The van der Waals surface area contributed by atoms with Crippen LogP contribution in [0.25, 0.3) is 10.9 Å². The van der Waals surface area contributed by atoms with E-state index in [1.807, 2.05) is 12.1 Å². The van der Waals surface area contributed by atoms with Crippen molar-refractivity contribution in [3.8, 4) is 6.07 Å². The molecule has 4 heteroatoms. The molecule has 32 heavy (non-hydrogen) atoms. The van der Waals surface area contributed by atoms with Crippen LogP contribution in [0, 0.1) is 29.1 Å². The van der Waals surface area contributed by atoms with E-state index in [0.717, 1.165) is 31.2 Å². The molecule has 3 nitrogen and oxygen atoms in total. The lowest BCUT2D eigenvalue weighted by Gasteiger charge is -2.45. The van der Waals surface area contributed by atoms with Crippen molar-refractivity contribution in [2.45, 2.75) is 71.6 Å². The van der Waals surface area contributed by atoms with E-state index < -0.39 is 0 Å². The van der Waals surface area contributed by atoms with Gasteiger partial charge in [-0.2, -0.15) is 0 Å². The van der Waals surface area contributed by atoms with E-state index in [1.54, 1.807) is 31.2 Å². The Morgan fingerprint density at radius 1 is 1.28 bits per heavy atom. The molecule has 0 N–H and O–H groups in total. The molecule has 1 heterocycles. The van der Waals surface area contributed by atoms with E-state index >= 15 is 4.39 Å². The average molecular weight is 429 g/mol. The maximum absolute atomic E-state index is 15.8. The van der Waals surface area contributed by atoms with E-state index in [0.29, 0.717) is 28.6 Å². The Balaban J connectivity index is 1.80. The summed E-state index contributed by atoms with van der Waals surface area (Å²) < 4.78 is 21.5. The minimum atomic E-state index is -0.131. The smallest absolute Gasteiger partial charge is 0.269 e. The molecule has 0 radical (unpaired) electrons. The van der Waals surface area contributed by atoms with Gasteiger partial charge in [0.2, 0.25) is 0 Å². The predicted octanol–water partition coefficient (Wildman–Crippen LogP) is 7.48. The van der Waals surface area contributed by atoms with Crippen LogP contribution >= 0.6 is 0 Å². The molecule has 3 aliphatic rings. The molecular weight excluding hydrogens is 399 g/mol. The van der Waals surface area contributed by atoms with E-state index in [4.69, 9.17) is 11.3 Å². The number of rotatable bonds is 2. The van der Waals surface area contributed by atoms with Crippen LogP contribution in [0.1, 0.15) is 82.1 Å². The van der Waals surface area contributed by atoms with Crippen LogP contribution in [0.2, 0.25) is 0 Å². The van der Waals surface area contributed by atoms with Gasteiger partial charge >= 0.3 is 0 Å². The highest BCUT2D eigenvalue weighted by molar-refractivity contribution is 5.61. The molecule has 0 amide bonds. The Morgan fingerprint density at radius 2 is 2.03 bits per heavy atom. The lowest BCUT2D eigenvalue weighted by atomic mass is 9.59. The van der Waals surface area contributed by atoms with Gasteiger partial charge in [-0.1, -0.05) is 27.7 Å². The molecule has 1 aromatic carbocycles. The zero-order chi connectivity index (χ0) is 23.3. The molecule has 1 unspecified atom stereocenters. The molecule has 0 saturated carbocycles. The van der Waals surface area contributed by atoms with Gasteiger partial charge < -0.3 is 4.74 Å². The molecule has 1 aliphatic heterocycles. The maximum atomic E-state index is 15.8. The monoisotopic (exact) mass is 428 g/mol. The lowest BCUT2D eigenvalue weighted by Crippen LogP contribution is -2.35. The van der Waals surface area contributed by atoms with Crippen molar-refractivity contribution in [2.24, 2.45) is 5.41 Å². The highest BCUT2D eigenvalue weighted by Gasteiger charge is 2.42. The second kappa shape index (κ2) is 7.79. The third-order valence-corrected chi connectivity index (χ3v) is 7.00. The molecule has 0 fully saturated rings. The lowest BCUT2D eigenvalue weighted by molar-refractivity contribution is 0.241. The van der Waals surface area contributed by atoms with Crippen molar-refractivity contribution in [3.63, 3.8) is 0 Å². The third kappa shape index (κ3) is 3.91. The van der Waals surface area contributed by atoms with E-state index in [2.05, 4.69) is 32.5 Å². The fraction of sp³-hybridized carbons (Fsp3) is 0.429. The van der Waals surface area contributed by atoms with Crippen LogP contribution in [0.15, 0.2) is 47.1 Å². The molecule has 2 aliphatic carbocycles. The third-order valence-electron chi connectivity index (χ3n) is 7.00. The topological polar surface area (TPSA) is 37.4 Å². The molecular formula is C28H29FN2O. The van der Waals surface area contributed by atoms with E-state index in [-0.39, 0.29) is 22.3 Å². The Bertz CT molecular complexity index is 1180. The molecule has 0 bridgehead atoms. The summed E-state index contributed by atoms with van der Waals surface area (Å²) >= 11 is 0. The van der Waals surface area contributed by atoms with Crippen LogP contribution in [0.3, 0.4) is 0 Å². The van der Waals surface area contributed by atoms with Gasteiger partial charge in [-0.3, -0.25) is 0 Å². The Labute approximate surface area is 190 Å². The Morgan fingerprint density at radius 3 is 2.72 bits per heavy atom. The summed E-state index contributed by atoms with van der Waals surface area (Å²) in [5.41, 5.74) is 4.60. The predicted molar refractivity (Wildman–Crippen MR) is 125 cm³/mol. The van der Waals surface area contributed by atoms with E-state index in [9.17, 15) is 5.26 Å². The summed E-state index contributed by atoms with van der Waals surface area (Å²) in [5.74, 6) is 1.38. The Hall–Kier alpha value is -3.11. The molecule has 0 saturated heterocycles. The minimum Gasteiger partial charge on any atom is -0.462 e. The number of nitriles is 1. The standard InChI is InChI=1S/C28H29FN2O/c1-17-11-20(24(16-30)31-6)12-21(32-17)8-7-18-13-23-25-19(9-10-28(23,4)5)14-27(2,3)15-22(25)26(18)29/h7-8,11-13,19H,9-10,14-15H2,1-5H3/b8-7+,24-20+. The van der Waals surface area contributed by atoms with Crippen molar-refractivity contribution in [2.75, 3.05) is 0 Å². The van der Waals surface area contributed by atoms with Crippen molar-refractivity contribution in [3.05, 3.63) is 86.6 Å². The fourth-order valence-corrected chi connectivity index (χ4v) is 5.51. The summed E-state index contributed by atoms with van der Waals surface area (Å²) in [6.07, 6.45) is 10.9. The summed E-state index contributed by atoms with van der Waals surface area (Å²) in [7, 11) is 0. The normalized spacial score (nSPS) is 24.4. The summed E-state index contributed by atoms with van der Waals surface area (Å²) in [6.45, 7) is 18.0. The molecule has 0 spiro atoms. The molecule has 1 aromatic rings. The molecule has 4 rings (SSSR count). The summed E-state index contributed by atoms with van der Waals surface area (Å²) in [5, 5.41) is 9.20. The number of nitrogens with zero attached hydrogens (tertiary/aromatic N) is 2. The Kier molecular flexibility index (Phi) is 5.38. The highest BCUT2D eigenvalue weighted by Crippen LogP contribution is 2.53. The van der Waals surface area contributed by atoms with Gasteiger partial charge in [0.15, 0.2) is 0 Å². The maximum Gasteiger partial charge on any atom is 0.269 e. The molecule has 1 atom stereocenters. The summed E-state index contributed by atoms with van der Waals surface area (Å²) in [6, 6.07) is 3.94. The van der Waals surface area contributed by atoms with Gasteiger partial charge in [-0.05, 0) is 102 Å². The second-order valence-electron chi connectivity index (χ2n) is 10.6. The average Bonchev–Trinajstić information content (AvgIpc) is 2.71. The SMILES string of the molecule is [C-]#[N+]/C(C#N)=C1\C=C(C)OC(/C=C/c2cc3c4c(c2F)CC(C)(C)CC4CCC3(C)C)=C1. The van der Waals surface area contributed by atoms with Gasteiger partial charge in [0.25, 0.3) is 5.70 Å². The van der Waals surface area contributed by atoms with Gasteiger partial charge in [-0.15, -0.1) is 0 Å². The number of hydrogen-bond acceptors (Lipinski definition) is 2. The first-order valence-electron chi connectivity index (χ1n) is 11.2. The first kappa shape index (κ1) is 22.1. The first-order valence-corrected chi connectivity index (χ1v) is 11.2. The molecule has 0 aromatic heterocycles. The highest BCUT2D eigenvalue weighted by atomic mass is 19.1. The quantitative estimate of drug-likeness (QED) is 0.362. The van der Waals surface area contributed by atoms with Crippen LogP contribution in [0.5, 0.6) is 0 Å². The second-order valence-corrected chi connectivity index (χ2v) is 10.6. The van der Waals surface area contributed by atoms with Crippen LogP contribution < -0.4 is 0 Å². The number of ether oxygens (including phenoxy) is 1. The zero-order valence-electron chi connectivity index (χ0n) is 19.5. The largest absolute Gasteiger partial charge is 0.462 e. The molecule has 164 valence electrons. The van der Waals surface area contributed by atoms with Crippen molar-refractivity contribution >= 4 is 6.08 Å². The van der Waals surface area contributed by atoms with Gasteiger partial charge in [0.05, 0.1) is 12.6 Å². The van der Waals surface area contributed by atoms with Crippen molar-refractivity contribution in [1.82, 2.24) is 0 Å². The van der Waals surface area contributed by atoms with Crippen LogP contribution in [-0.4, -0.2) is 0 Å². The van der Waals surface area contributed by atoms with Gasteiger partial charge in [-0.25, -0.2) is 14.5 Å². The first-order chi connectivity index (χ1) is 15.0. The fourth-order valence-electron chi connectivity index (χ4n) is 5.51. The minimum absolute atomic E-state index is 0.0120. The summed E-state index contributed by atoms with van der Waals surface area (Å²) in [4.78, 5) is 3.29.